The van der Waals surface area contributed by atoms with Gasteiger partial charge in [-0.3, -0.25) is 9.55 Å². The SMILES string of the molecule is COC(=O)c1cncc(Oc2ccc(Nc3nc(=O)n(C)c(=O)n3Cc3ccc(Cl)cc3)cc2C)n1. The van der Waals surface area contributed by atoms with Gasteiger partial charge in [-0.15, -0.1) is 0 Å². The first-order valence-electron chi connectivity index (χ1n) is 10.6. The maximum atomic E-state index is 12.8. The van der Waals surface area contributed by atoms with Crippen LogP contribution in [0.15, 0.2) is 64.4 Å². The summed E-state index contributed by atoms with van der Waals surface area (Å²) in [5, 5.41) is 3.62. The van der Waals surface area contributed by atoms with Gasteiger partial charge in [-0.05, 0) is 48.4 Å². The van der Waals surface area contributed by atoms with E-state index in [9.17, 15) is 14.4 Å². The molecule has 2 aromatic carbocycles. The van der Waals surface area contributed by atoms with Crippen LogP contribution >= 0.6 is 11.6 Å². The molecule has 2 heterocycles. The van der Waals surface area contributed by atoms with Crippen molar-refractivity contribution in [3.8, 4) is 11.6 Å². The van der Waals surface area contributed by atoms with Crippen molar-refractivity contribution in [2.45, 2.75) is 13.5 Å². The van der Waals surface area contributed by atoms with Crippen LogP contribution in [0.2, 0.25) is 5.02 Å². The lowest BCUT2D eigenvalue weighted by Gasteiger charge is -2.15. The molecule has 36 heavy (non-hydrogen) atoms. The number of ether oxygens (including phenoxy) is 2. The third-order valence-electron chi connectivity index (χ3n) is 5.17. The minimum Gasteiger partial charge on any atom is -0.464 e. The molecule has 0 aliphatic carbocycles. The van der Waals surface area contributed by atoms with E-state index in [0.717, 1.165) is 10.1 Å². The summed E-state index contributed by atoms with van der Waals surface area (Å²) in [4.78, 5) is 48.8. The van der Waals surface area contributed by atoms with E-state index in [1.165, 1.54) is 31.1 Å². The van der Waals surface area contributed by atoms with E-state index in [1.54, 1.807) is 49.4 Å². The summed E-state index contributed by atoms with van der Waals surface area (Å²) < 4.78 is 12.7. The average molecular weight is 509 g/mol. The number of hydrogen-bond acceptors (Lipinski definition) is 9. The molecule has 12 heteroatoms. The third kappa shape index (κ3) is 5.41. The van der Waals surface area contributed by atoms with Gasteiger partial charge in [0.2, 0.25) is 11.8 Å². The van der Waals surface area contributed by atoms with Crippen molar-refractivity contribution in [3.05, 3.63) is 97.7 Å². The Labute approximate surface area is 210 Å². The highest BCUT2D eigenvalue weighted by Gasteiger charge is 2.14. The van der Waals surface area contributed by atoms with Crippen LogP contribution in [0.3, 0.4) is 0 Å². The van der Waals surface area contributed by atoms with E-state index < -0.39 is 17.3 Å². The molecule has 0 saturated carbocycles. The lowest BCUT2D eigenvalue weighted by atomic mass is 10.2. The molecule has 0 aliphatic rings. The summed E-state index contributed by atoms with van der Waals surface area (Å²) in [7, 11) is 2.62. The Hall–Kier alpha value is -4.51. The Morgan fingerprint density at radius 1 is 1.08 bits per heavy atom. The Morgan fingerprint density at radius 3 is 2.53 bits per heavy atom. The van der Waals surface area contributed by atoms with Crippen LogP contribution in [0.4, 0.5) is 11.6 Å². The standard InChI is InChI=1S/C24H21ClN6O5/c1-14-10-17(8-9-19(14)36-20-12-26-11-18(28-20)21(32)35-3)27-22-29-23(33)30(2)24(34)31(22)13-15-4-6-16(25)7-5-15/h4-12H,13H2,1-3H3,(H,27,29,33). The zero-order valence-corrected chi connectivity index (χ0v) is 20.3. The largest absolute Gasteiger partial charge is 0.464 e. The second kappa shape index (κ2) is 10.4. The Balaban J connectivity index is 1.61. The molecule has 184 valence electrons. The van der Waals surface area contributed by atoms with Crippen molar-refractivity contribution < 1.29 is 14.3 Å². The molecule has 2 aromatic heterocycles. The molecule has 0 bridgehead atoms. The number of carbonyl (C=O) groups is 1. The number of nitrogens with zero attached hydrogens (tertiary/aromatic N) is 5. The Bertz CT molecular complexity index is 1550. The predicted octanol–water partition coefficient (Wildman–Crippen LogP) is 3.06. The van der Waals surface area contributed by atoms with Crippen LogP contribution in [0.5, 0.6) is 11.6 Å². The fourth-order valence-corrected chi connectivity index (χ4v) is 3.40. The van der Waals surface area contributed by atoms with Crippen molar-refractivity contribution in [1.29, 1.82) is 0 Å². The highest BCUT2D eigenvalue weighted by Crippen LogP contribution is 2.27. The van der Waals surface area contributed by atoms with Crippen LogP contribution in [0, 0.1) is 6.92 Å². The molecule has 4 aromatic rings. The lowest BCUT2D eigenvalue weighted by Crippen LogP contribution is -2.41. The number of aryl methyl sites for hydroxylation is 1. The molecule has 0 unspecified atom stereocenters. The van der Waals surface area contributed by atoms with E-state index in [0.29, 0.717) is 22.0 Å². The van der Waals surface area contributed by atoms with Crippen molar-refractivity contribution in [1.82, 2.24) is 24.1 Å². The molecule has 0 spiro atoms. The lowest BCUT2D eigenvalue weighted by molar-refractivity contribution is 0.0592. The number of methoxy groups -OCH3 is 1. The molecule has 4 rings (SSSR count). The summed E-state index contributed by atoms with van der Waals surface area (Å²) in [6.07, 6.45) is 2.65. The molecule has 0 amide bonds. The number of benzene rings is 2. The van der Waals surface area contributed by atoms with Gasteiger partial charge < -0.3 is 14.8 Å². The first kappa shape index (κ1) is 24.6. The van der Waals surface area contributed by atoms with Crippen molar-refractivity contribution in [2.75, 3.05) is 12.4 Å². The van der Waals surface area contributed by atoms with E-state index in [-0.39, 0.29) is 24.1 Å². The highest BCUT2D eigenvalue weighted by molar-refractivity contribution is 6.30. The Morgan fingerprint density at radius 2 is 1.83 bits per heavy atom. The highest BCUT2D eigenvalue weighted by atomic mass is 35.5. The second-order valence-electron chi connectivity index (χ2n) is 7.71. The smallest absolute Gasteiger partial charge is 0.358 e. The quantitative estimate of drug-likeness (QED) is 0.374. The van der Waals surface area contributed by atoms with E-state index in [2.05, 4.69) is 25.0 Å². The van der Waals surface area contributed by atoms with Gasteiger partial charge in [0.15, 0.2) is 5.69 Å². The first-order chi connectivity index (χ1) is 17.2. The van der Waals surface area contributed by atoms with Gasteiger partial charge in [0, 0.05) is 17.8 Å². The first-order valence-corrected chi connectivity index (χ1v) is 11.0. The fourth-order valence-electron chi connectivity index (χ4n) is 3.27. The van der Waals surface area contributed by atoms with Crippen molar-refractivity contribution >= 4 is 29.2 Å². The van der Waals surface area contributed by atoms with Gasteiger partial charge in [-0.25, -0.2) is 23.9 Å². The van der Waals surface area contributed by atoms with Crippen LogP contribution in [-0.4, -0.2) is 37.2 Å². The molecule has 0 saturated heterocycles. The molecule has 11 nitrogen and oxygen atoms in total. The minimum absolute atomic E-state index is 0.0151. The molecule has 0 radical (unpaired) electrons. The average Bonchev–Trinajstić information content (AvgIpc) is 2.87. The number of esters is 1. The summed E-state index contributed by atoms with van der Waals surface area (Å²) in [5.74, 6) is 0.0391. The van der Waals surface area contributed by atoms with Crippen LogP contribution in [-0.2, 0) is 18.3 Å². The number of aromatic nitrogens is 5. The van der Waals surface area contributed by atoms with E-state index in [4.69, 9.17) is 16.3 Å². The van der Waals surface area contributed by atoms with Crippen molar-refractivity contribution in [2.24, 2.45) is 7.05 Å². The van der Waals surface area contributed by atoms with Crippen LogP contribution in [0.1, 0.15) is 21.6 Å². The van der Waals surface area contributed by atoms with Crippen molar-refractivity contribution in [3.63, 3.8) is 0 Å². The maximum absolute atomic E-state index is 12.8. The molecule has 0 aliphatic heterocycles. The minimum atomic E-state index is -0.685. The summed E-state index contributed by atoms with van der Waals surface area (Å²) in [6.45, 7) is 1.98. The normalized spacial score (nSPS) is 10.7. The van der Waals surface area contributed by atoms with E-state index in [1.807, 2.05) is 0 Å². The Kier molecular flexibility index (Phi) is 7.11. The summed E-state index contributed by atoms with van der Waals surface area (Å²) >= 11 is 5.96. The van der Waals surface area contributed by atoms with Gasteiger partial charge in [0.25, 0.3) is 0 Å². The molecular weight excluding hydrogens is 488 g/mol. The third-order valence-corrected chi connectivity index (χ3v) is 5.42. The monoisotopic (exact) mass is 508 g/mol. The van der Waals surface area contributed by atoms with Crippen LogP contribution < -0.4 is 21.4 Å². The molecule has 1 N–H and O–H groups in total. The number of halogens is 1. The topological polar surface area (TPSA) is 130 Å². The summed E-state index contributed by atoms with van der Waals surface area (Å²) in [6, 6.07) is 12.1. The predicted molar refractivity (Wildman–Crippen MR) is 132 cm³/mol. The van der Waals surface area contributed by atoms with E-state index >= 15 is 0 Å². The molecular formula is C24H21ClN6O5. The summed E-state index contributed by atoms with van der Waals surface area (Å²) in [5.41, 5.74) is 0.894. The van der Waals surface area contributed by atoms with Gasteiger partial charge in [-0.1, -0.05) is 23.7 Å². The van der Waals surface area contributed by atoms with Crippen LogP contribution in [0.25, 0.3) is 0 Å². The van der Waals surface area contributed by atoms with Gasteiger partial charge in [0.1, 0.15) is 5.75 Å². The zero-order valence-electron chi connectivity index (χ0n) is 19.6. The number of nitrogens with one attached hydrogen (secondary N) is 1. The number of hydrogen-bond donors (Lipinski definition) is 1. The van der Waals surface area contributed by atoms with Gasteiger partial charge in [-0.2, -0.15) is 4.98 Å². The number of rotatable bonds is 7. The number of anilines is 2. The maximum Gasteiger partial charge on any atom is 0.358 e. The second-order valence-corrected chi connectivity index (χ2v) is 8.15. The van der Waals surface area contributed by atoms with Gasteiger partial charge in [0.05, 0.1) is 26.0 Å². The molecule has 0 atom stereocenters. The number of carbonyl (C=O) groups excluding carboxylic acids is 1. The fraction of sp³-hybridized carbons (Fsp3) is 0.167. The molecule has 0 fully saturated rings. The van der Waals surface area contributed by atoms with Gasteiger partial charge >= 0.3 is 17.3 Å². The zero-order chi connectivity index (χ0) is 25.8.